The number of anilines is 1. The number of aromatic nitrogens is 1. The lowest BCUT2D eigenvalue weighted by Crippen LogP contribution is -2.31. The van der Waals surface area contributed by atoms with Gasteiger partial charge < -0.3 is 10.6 Å². The number of benzene rings is 1. The summed E-state index contributed by atoms with van der Waals surface area (Å²) in [5, 5.41) is 7.63. The Kier molecular flexibility index (Phi) is 4.13. The third-order valence-electron chi connectivity index (χ3n) is 5.32. The number of fused-ring (bicyclic) bond motifs is 1. The van der Waals surface area contributed by atoms with E-state index in [9.17, 15) is 4.79 Å². The van der Waals surface area contributed by atoms with E-state index in [2.05, 4.69) is 17.6 Å². The molecular weight excluding hydrogens is 298 g/mol. The van der Waals surface area contributed by atoms with E-state index in [0.29, 0.717) is 18.0 Å². The standard InChI is InChI=1S/C20H25N3O/c1-13-6-2-4-8-17(13)22-19-12-16(20(24)21-14-10-11-14)15-7-3-5-9-18(15)23-19/h3,5,7,9,12-14,17H,2,4,6,8,10-11H2,1H3,(H,21,24)(H,22,23). The van der Waals surface area contributed by atoms with Crippen molar-refractivity contribution >= 4 is 22.6 Å². The number of rotatable bonds is 4. The molecule has 4 nitrogen and oxygen atoms in total. The van der Waals surface area contributed by atoms with Gasteiger partial charge in [-0.1, -0.05) is 38.0 Å². The molecule has 0 aliphatic heterocycles. The fourth-order valence-corrected chi connectivity index (χ4v) is 3.65. The highest BCUT2D eigenvalue weighted by molar-refractivity contribution is 6.07. The molecule has 4 heteroatoms. The minimum atomic E-state index is 0.0239. The molecule has 2 aliphatic rings. The molecule has 1 amide bonds. The second-order valence-electron chi connectivity index (χ2n) is 7.33. The molecule has 2 atom stereocenters. The molecule has 1 aromatic carbocycles. The monoisotopic (exact) mass is 323 g/mol. The van der Waals surface area contributed by atoms with Crippen molar-refractivity contribution in [3.63, 3.8) is 0 Å². The summed E-state index contributed by atoms with van der Waals surface area (Å²) in [5.41, 5.74) is 1.62. The Bertz CT molecular complexity index is 754. The van der Waals surface area contributed by atoms with E-state index >= 15 is 0 Å². The van der Waals surface area contributed by atoms with E-state index in [1.165, 1.54) is 25.7 Å². The van der Waals surface area contributed by atoms with Crippen LogP contribution in [0, 0.1) is 5.92 Å². The van der Waals surface area contributed by atoms with E-state index < -0.39 is 0 Å². The van der Waals surface area contributed by atoms with Crippen LogP contribution >= 0.6 is 0 Å². The second kappa shape index (κ2) is 6.42. The zero-order chi connectivity index (χ0) is 16.5. The lowest BCUT2D eigenvalue weighted by atomic mass is 9.86. The number of hydrogen-bond acceptors (Lipinski definition) is 3. The minimum absolute atomic E-state index is 0.0239. The lowest BCUT2D eigenvalue weighted by Gasteiger charge is -2.30. The van der Waals surface area contributed by atoms with Gasteiger partial charge in [0.05, 0.1) is 11.1 Å². The van der Waals surface area contributed by atoms with Crippen molar-refractivity contribution in [2.45, 2.75) is 57.5 Å². The number of nitrogens with zero attached hydrogens (tertiary/aromatic N) is 1. The van der Waals surface area contributed by atoms with Crippen LogP contribution in [-0.2, 0) is 0 Å². The molecule has 1 heterocycles. The van der Waals surface area contributed by atoms with Crippen molar-refractivity contribution in [3.05, 3.63) is 35.9 Å². The van der Waals surface area contributed by atoms with Gasteiger partial charge in [-0.3, -0.25) is 4.79 Å². The maximum absolute atomic E-state index is 12.7. The molecule has 2 unspecified atom stereocenters. The molecule has 2 fully saturated rings. The summed E-state index contributed by atoms with van der Waals surface area (Å²) in [5.74, 6) is 1.50. The summed E-state index contributed by atoms with van der Waals surface area (Å²) in [6.45, 7) is 2.30. The first-order chi connectivity index (χ1) is 11.7. The molecule has 126 valence electrons. The molecule has 2 saturated carbocycles. The van der Waals surface area contributed by atoms with Crippen LogP contribution < -0.4 is 10.6 Å². The van der Waals surface area contributed by atoms with Gasteiger partial charge in [0.2, 0.25) is 0 Å². The van der Waals surface area contributed by atoms with Crippen molar-refractivity contribution in [3.8, 4) is 0 Å². The molecule has 4 rings (SSSR count). The average Bonchev–Trinajstić information content (AvgIpc) is 3.40. The Morgan fingerprint density at radius 1 is 1.12 bits per heavy atom. The van der Waals surface area contributed by atoms with Gasteiger partial charge in [0, 0.05) is 17.5 Å². The fourth-order valence-electron chi connectivity index (χ4n) is 3.65. The predicted octanol–water partition coefficient (Wildman–Crippen LogP) is 4.12. The second-order valence-corrected chi connectivity index (χ2v) is 7.33. The van der Waals surface area contributed by atoms with Crippen molar-refractivity contribution in [1.29, 1.82) is 0 Å². The van der Waals surface area contributed by atoms with Gasteiger partial charge in [-0.2, -0.15) is 0 Å². The van der Waals surface area contributed by atoms with Gasteiger partial charge in [-0.25, -0.2) is 4.98 Å². The molecule has 1 aromatic heterocycles. The van der Waals surface area contributed by atoms with Crippen LogP contribution in [0.25, 0.3) is 10.9 Å². The molecule has 0 bridgehead atoms. The maximum atomic E-state index is 12.7. The summed E-state index contributed by atoms with van der Waals surface area (Å²) < 4.78 is 0. The van der Waals surface area contributed by atoms with Crippen molar-refractivity contribution < 1.29 is 4.79 Å². The van der Waals surface area contributed by atoms with Crippen molar-refractivity contribution in [1.82, 2.24) is 10.3 Å². The van der Waals surface area contributed by atoms with Crippen LogP contribution in [0.1, 0.15) is 55.8 Å². The number of carbonyl (C=O) groups excluding carboxylic acids is 1. The molecule has 0 radical (unpaired) electrons. The summed E-state index contributed by atoms with van der Waals surface area (Å²) in [6.07, 6.45) is 7.22. The first-order valence-corrected chi connectivity index (χ1v) is 9.18. The van der Waals surface area contributed by atoms with Crippen molar-refractivity contribution in [2.75, 3.05) is 5.32 Å². The van der Waals surface area contributed by atoms with Gasteiger partial charge in [0.25, 0.3) is 5.91 Å². The smallest absolute Gasteiger partial charge is 0.252 e. The topological polar surface area (TPSA) is 54.0 Å². The zero-order valence-corrected chi connectivity index (χ0v) is 14.2. The maximum Gasteiger partial charge on any atom is 0.252 e. The number of amides is 1. The van der Waals surface area contributed by atoms with Crippen LogP contribution in [0.15, 0.2) is 30.3 Å². The highest BCUT2D eigenvalue weighted by atomic mass is 16.1. The number of hydrogen-bond donors (Lipinski definition) is 2. The Balaban J connectivity index is 1.66. The van der Waals surface area contributed by atoms with E-state index in [0.717, 1.165) is 35.1 Å². The Morgan fingerprint density at radius 3 is 2.71 bits per heavy atom. The Hall–Kier alpha value is -2.10. The molecular formula is C20H25N3O. The quantitative estimate of drug-likeness (QED) is 0.890. The third kappa shape index (κ3) is 3.23. The molecule has 2 N–H and O–H groups in total. The van der Waals surface area contributed by atoms with E-state index in [1.54, 1.807) is 0 Å². The largest absolute Gasteiger partial charge is 0.367 e. The van der Waals surface area contributed by atoms with Crippen molar-refractivity contribution in [2.24, 2.45) is 5.92 Å². The van der Waals surface area contributed by atoms with Crippen LogP contribution in [0.4, 0.5) is 5.82 Å². The molecule has 0 saturated heterocycles. The van der Waals surface area contributed by atoms with Gasteiger partial charge >= 0.3 is 0 Å². The summed E-state index contributed by atoms with van der Waals surface area (Å²) >= 11 is 0. The molecule has 2 aliphatic carbocycles. The van der Waals surface area contributed by atoms with Gasteiger partial charge in [-0.15, -0.1) is 0 Å². The van der Waals surface area contributed by atoms with Crippen LogP contribution in [0.2, 0.25) is 0 Å². The Labute approximate surface area is 143 Å². The minimum Gasteiger partial charge on any atom is -0.367 e. The highest BCUT2D eigenvalue weighted by Crippen LogP contribution is 2.28. The van der Waals surface area contributed by atoms with Crippen LogP contribution in [-0.4, -0.2) is 23.0 Å². The molecule has 2 aromatic rings. The first-order valence-electron chi connectivity index (χ1n) is 9.18. The summed E-state index contributed by atoms with van der Waals surface area (Å²) in [6, 6.07) is 10.7. The Morgan fingerprint density at radius 2 is 1.92 bits per heavy atom. The van der Waals surface area contributed by atoms with E-state index in [1.807, 2.05) is 30.3 Å². The number of nitrogens with one attached hydrogen (secondary N) is 2. The number of para-hydroxylation sites is 1. The average molecular weight is 323 g/mol. The predicted molar refractivity (Wildman–Crippen MR) is 97.3 cm³/mol. The van der Waals surface area contributed by atoms with E-state index in [4.69, 9.17) is 4.98 Å². The molecule has 24 heavy (non-hydrogen) atoms. The first kappa shape index (κ1) is 15.4. The number of carbonyl (C=O) groups is 1. The molecule has 0 spiro atoms. The third-order valence-corrected chi connectivity index (χ3v) is 5.32. The summed E-state index contributed by atoms with van der Waals surface area (Å²) in [7, 11) is 0. The van der Waals surface area contributed by atoms with Gasteiger partial charge in [0.1, 0.15) is 5.82 Å². The summed E-state index contributed by atoms with van der Waals surface area (Å²) in [4.78, 5) is 17.4. The lowest BCUT2D eigenvalue weighted by molar-refractivity contribution is 0.0952. The SMILES string of the molecule is CC1CCCCC1Nc1cc(C(=O)NC2CC2)c2ccccc2n1. The van der Waals surface area contributed by atoms with Gasteiger partial charge in [0.15, 0.2) is 0 Å². The zero-order valence-electron chi connectivity index (χ0n) is 14.2. The van der Waals surface area contributed by atoms with Crippen LogP contribution in [0.5, 0.6) is 0 Å². The van der Waals surface area contributed by atoms with Gasteiger partial charge in [-0.05, 0) is 43.7 Å². The van der Waals surface area contributed by atoms with E-state index in [-0.39, 0.29) is 5.91 Å². The van der Waals surface area contributed by atoms with Crippen LogP contribution in [0.3, 0.4) is 0 Å². The highest BCUT2D eigenvalue weighted by Gasteiger charge is 2.26. The number of pyridine rings is 1. The normalized spacial score (nSPS) is 23.9. The fraction of sp³-hybridized carbons (Fsp3) is 0.500.